The van der Waals surface area contributed by atoms with Crippen LogP contribution in [0.25, 0.3) is 21.8 Å². The third-order valence-corrected chi connectivity index (χ3v) is 4.69. The first kappa shape index (κ1) is 19.3. The van der Waals surface area contributed by atoms with Crippen LogP contribution in [-0.2, 0) is 13.1 Å². The first-order chi connectivity index (χ1) is 13.3. The molecule has 8 nitrogen and oxygen atoms in total. The number of anilines is 1. The molecule has 0 fully saturated rings. The van der Waals surface area contributed by atoms with E-state index in [1.165, 1.54) is 6.07 Å². The van der Waals surface area contributed by atoms with E-state index in [2.05, 4.69) is 17.1 Å². The number of nitrogens with two attached hydrogens (primary N) is 1. The molecule has 2 aromatic carbocycles. The third kappa shape index (κ3) is 3.53. The van der Waals surface area contributed by atoms with E-state index in [9.17, 15) is 10.1 Å². The van der Waals surface area contributed by atoms with Crippen molar-refractivity contribution < 1.29 is 4.92 Å². The van der Waals surface area contributed by atoms with Crippen molar-refractivity contribution in [2.45, 2.75) is 40.8 Å². The number of nitrogen functional groups attached to an aromatic ring is 1. The summed E-state index contributed by atoms with van der Waals surface area (Å²) in [6.45, 7) is 9.61. The number of nitro groups is 1. The molecule has 28 heavy (non-hydrogen) atoms. The number of aromatic nitrogens is 4. The molecule has 2 heterocycles. The number of nitrogens with zero attached hydrogens (tertiary/aromatic N) is 5. The molecule has 0 amide bonds. The zero-order valence-corrected chi connectivity index (χ0v) is 16.5. The van der Waals surface area contributed by atoms with Gasteiger partial charge in [-0.2, -0.15) is 10.2 Å². The van der Waals surface area contributed by atoms with E-state index >= 15 is 0 Å². The summed E-state index contributed by atoms with van der Waals surface area (Å²) in [7, 11) is 0. The van der Waals surface area contributed by atoms with Gasteiger partial charge in [-0.15, -0.1) is 0 Å². The number of rotatable bonds is 3. The van der Waals surface area contributed by atoms with Crippen LogP contribution in [0.3, 0.4) is 0 Å². The summed E-state index contributed by atoms with van der Waals surface area (Å²) in [4.78, 5) is 10.2. The number of benzene rings is 2. The van der Waals surface area contributed by atoms with E-state index < -0.39 is 0 Å². The minimum absolute atomic E-state index is 0.112. The van der Waals surface area contributed by atoms with Crippen LogP contribution in [0.2, 0.25) is 0 Å². The molecule has 0 saturated heterocycles. The maximum atomic E-state index is 10.6. The van der Waals surface area contributed by atoms with E-state index in [1.807, 2.05) is 48.3 Å². The number of fused-ring (bicyclic) bond motifs is 2. The second-order valence-corrected chi connectivity index (χ2v) is 6.54. The molecule has 2 N–H and O–H groups in total. The van der Waals surface area contributed by atoms with Gasteiger partial charge >= 0.3 is 0 Å². The molecule has 146 valence electrons. The molecule has 8 heteroatoms. The average Bonchev–Trinajstić information content (AvgIpc) is 3.18. The van der Waals surface area contributed by atoms with Crippen LogP contribution >= 0.6 is 0 Å². The van der Waals surface area contributed by atoms with Crippen LogP contribution in [0.5, 0.6) is 0 Å². The maximum absolute atomic E-state index is 10.6. The lowest BCUT2D eigenvalue weighted by Gasteiger charge is -1.97. The van der Waals surface area contributed by atoms with Crippen molar-refractivity contribution >= 4 is 33.2 Å². The lowest BCUT2D eigenvalue weighted by molar-refractivity contribution is -0.384. The SMILES string of the molecule is CCn1nc(C)c2cc(N)ccc21.CCn1nc(C)c2cc([N+](=O)[O-])ccc21. The molecule has 0 bridgehead atoms. The standard InChI is InChI=1S/C10H11N3O2.C10H13N3/c1-3-12-10-5-4-8(13(14)15)6-9(10)7(2)11-12;1-3-13-10-5-4-8(11)6-9(10)7(2)12-13/h4-6H,3H2,1-2H3;4-6H,3,11H2,1-2H3. The van der Waals surface area contributed by atoms with Crippen molar-refractivity contribution in [2.24, 2.45) is 0 Å². The van der Waals surface area contributed by atoms with Crippen molar-refractivity contribution in [3.63, 3.8) is 0 Å². The summed E-state index contributed by atoms with van der Waals surface area (Å²) >= 11 is 0. The zero-order chi connectivity index (χ0) is 20.4. The fraction of sp³-hybridized carbons (Fsp3) is 0.300. The van der Waals surface area contributed by atoms with Gasteiger partial charge in [0.15, 0.2) is 0 Å². The monoisotopic (exact) mass is 380 g/mol. The molecule has 0 aliphatic carbocycles. The van der Waals surface area contributed by atoms with Crippen LogP contribution in [0, 0.1) is 24.0 Å². The number of hydrogen-bond donors (Lipinski definition) is 1. The molecule has 0 atom stereocenters. The Morgan fingerprint density at radius 3 is 1.93 bits per heavy atom. The van der Waals surface area contributed by atoms with Crippen LogP contribution in [0.1, 0.15) is 25.2 Å². The van der Waals surface area contributed by atoms with Crippen LogP contribution in [0.15, 0.2) is 36.4 Å². The lowest BCUT2D eigenvalue weighted by Crippen LogP contribution is -1.95. The minimum Gasteiger partial charge on any atom is -0.399 e. The Balaban J connectivity index is 0.000000162. The predicted octanol–water partition coefficient (Wildman–Crippen LogP) is 4.22. The number of nitro benzene ring substituents is 1. The normalized spacial score (nSPS) is 10.9. The molecule has 0 radical (unpaired) electrons. The molecule has 0 saturated carbocycles. The summed E-state index contributed by atoms with van der Waals surface area (Å²) in [6, 6.07) is 10.7. The van der Waals surface area contributed by atoms with Crippen LogP contribution in [0.4, 0.5) is 11.4 Å². The molecule has 4 aromatic rings. The van der Waals surface area contributed by atoms with E-state index in [1.54, 1.807) is 12.1 Å². The molecule has 4 rings (SSSR count). The van der Waals surface area contributed by atoms with E-state index in [0.717, 1.165) is 52.0 Å². The fourth-order valence-corrected chi connectivity index (χ4v) is 3.28. The van der Waals surface area contributed by atoms with Gasteiger partial charge in [-0.3, -0.25) is 19.5 Å². The summed E-state index contributed by atoms with van der Waals surface area (Å²) in [6.07, 6.45) is 0. The lowest BCUT2D eigenvalue weighted by atomic mass is 10.2. The highest BCUT2D eigenvalue weighted by molar-refractivity contribution is 5.85. The van der Waals surface area contributed by atoms with Gasteiger partial charge in [-0.05, 0) is 52.0 Å². The maximum Gasteiger partial charge on any atom is 0.270 e. The van der Waals surface area contributed by atoms with Gasteiger partial charge in [0.05, 0.1) is 27.3 Å². The number of non-ortho nitro benzene ring substituents is 1. The van der Waals surface area contributed by atoms with Crippen LogP contribution < -0.4 is 5.73 Å². The summed E-state index contributed by atoms with van der Waals surface area (Å²) in [5.74, 6) is 0. The molecular weight excluding hydrogens is 356 g/mol. The van der Waals surface area contributed by atoms with Gasteiger partial charge in [0, 0.05) is 41.7 Å². The molecule has 0 aliphatic rings. The smallest absolute Gasteiger partial charge is 0.270 e. The molecule has 0 spiro atoms. The number of hydrogen-bond acceptors (Lipinski definition) is 5. The first-order valence-electron chi connectivity index (χ1n) is 9.19. The first-order valence-corrected chi connectivity index (χ1v) is 9.19. The summed E-state index contributed by atoms with van der Waals surface area (Å²) < 4.78 is 3.83. The van der Waals surface area contributed by atoms with E-state index in [-0.39, 0.29) is 10.6 Å². The zero-order valence-electron chi connectivity index (χ0n) is 16.5. The Kier molecular flexibility index (Phi) is 5.30. The molecule has 0 aliphatic heterocycles. The Hall–Kier alpha value is -3.42. The predicted molar refractivity (Wildman–Crippen MR) is 111 cm³/mol. The number of aryl methyl sites for hydroxylation is 4. The highest BCUT2D eigenvalue weighted by Crippen LogP contribution is 2.23. The Morgan fingerprint density at radius 2 is 1.43 bits per heavy atom. The van der Waals surface area contributed by atoms with Crippen molar-refractivity contribution in [2.75, 3.05) is 5.73 Å². The van der Waals surface area contributed by atoms with Gasteiger partial charge in [-0.1, -0.05) is 0 Å². The minimum atomic E-state index is -0.387. The fourth-order valence-electron chi connectivity index (χ4n) is 3.28. The van der Waals surface area contributed by atoms with Crippen molar-refractivity contribution in [1.29, 1.82) is 0 Å². The Bertz CT molecular complexity index is 1160. The van der Waals surface area contributed by atoms with Gasteiger partial charge in [0.1, 0.15) is 0 Å². The Labute approximate surface area is 162 Å². The topological polar surface area (TPSA) is 105 Å². The van der Waals surface area contributed by atoms with Crippen molar-refractivity contribution in [3.8, 4) is 0 Å². The van der Waals surface area contributed by atoms with Crippen LogP contribution in [-0.4, -0.2) is 24.5 Å². The molecule has 0 unspecified atom stereocenters. The highest BCUT2D eigenvalue weighted by Gasteiger charge is 2.11. The quantitative estimate of drug-likeness (QED) is 0.325. The second kappa shape index (κ2) is 7.67. The second-order valence-electron chi connectivity index (χ2n) is 6.54. The highest BCUT2D eigenvalue weighted by atomic mass is 16.6. The van der Waals surface area contributed by atoms with Gasteiger partial charge in [-0.25, -0.2) is 0 Å². The van der Waals surface area contributed by atoms with Gasteiger partial charge in [0.25, 0.3) is 5.69 Å². The Morgan fingerprint density at radius 1 is 0.929 bits per heavy atom. The van der Waals surface area contributed by atoms with Gasteiger partial charge in [0.2, 0.25) is 0 Å². The van der Waals surface area contributed by atoms with Crippen molar-refractivity contribution in [1.82, 2.24) is 19.6 Å². The van der Waals surface area contributed by atoms with E-state index in [0.29, 0.717) is 0 Å². The van der Waals surface area contributed by atoms with Gasteiger partial charge < -0.3 is 5.73 Å². The molecule has 2 aromatic heterocycles. The molecular formula is C20H24N6O2. The van der Waals surface area contributed by atoms with E-state index in [4.69, 9.17) is 5.73 Å². The summed E-state index contributed by atoms with van der Waals surface area (Å²) in [5.41, 5.74) is 10.6. The largest absolute Gasteiger partial charge is 0.399 e. The average molecular weight is 380 g/mol. The summed E-state index contributed by atoms with van der Waals surface area (Å²) in [5, 5.41) is 21.3. The third-order valence-electron chi connectivity index (χ3n) is 4.69. The van der Waals surface area contributed by atoms with Crippen molar-refractivity contribution in [3.05, 3.63) is 57.9 Å².